The molecule has 0 fully saturated rings. The van der Waals surface area contributed by atoms with E-state index in [0.717, 1.165) is 7.05 Å². The van der Waals surface area contributed by atoms with E-state index in [-0.39, 0.29) is 21.8 Å². The maximum absolute atomic E-state index is 13.7. The molecule has 1 heterocycles. The number of alkyl halides is 3. The molecule has 0 aliphatic carbocycles. The van der Waals surface area contributed by atoms with Gasteiger partial charge >= 0.3 is 6.18 Å². The summed E-state index contributed by atoms with van der Waals surface area (Å²) in [5, 5.41) is 3.81. The van der Waals surface area contributed by atoms with E-state index in [9.17, 15) is 21.6 Å². The molecule has 1 N–H and O–H groups in total. The van der Waals surface area contributed by atoms with Crippen molar-refractivity contribution in [2.24, 2.45) is 7.05 Å². The van der Waals surface area contributed by atoms with Crippen molar-refractivity contribution in [3.63, 3.8) is 0 Å². The number of aryl methyl sites for hydroxylation is 2. The van der Waals surface area contributed by atoms with E-state index in [1.165, 1.54) is 30.3 Å². The fourth-order valence-electron chi connectivity index (χ4n) is 2.81. The van der Waals surface area contributed by atoms with E-state index >= 15 is 0 Å². The summed E-state index contributed by atoms with van der Waals surface area (Å²) < 4.78 is 69.0. The van der Waals surface area contributed by atoms with Crippen LogP contribution in [0.1, 0.15) is 11.3 Å². The standard InChI is InChI=1S/C18H16F3N3O2S/c1-12-8-6-7-11-14(12)15-16(18(19,20)21)24(2)22-17(15)23-27(25,26)13-9-4-3-5-10-13/h3-11H,1-2H3,(H,22,23). The third kappa shape index (κ3) is 3.68. The van der Waals surface area contributed by atoms with Crippen molar-refractivity contribution < 1.29 is 21.6 Å². The van der Waals surface area contributed by atoms with Crippen molar-refractivity contribution in [2.75, 3.05) is 4.72 Å². The number of rotatable bonds is 4. The van der Waals surface area contributed by atoms with Crippen molar-refractivity contribution in [3.8, 4) is 11.1 Å². The van der Waals surface area contributed by atoms with Gasteiger partial charge in [0.1, 0.15) is 0 Å². The molecule has 0 spiro atoms. The highest BCUT2D eigenvalue weighted by Gasteiger charge is 2.40. The second kappa shape index (κ2) is 6.73. The quantitative estimate of drug-likeness (QED) is 0.720. The van der Waals surface area contributed by atoms with Crippen molar-refractivity contribution in [3.05, 3.63) is 65.9 Å². The van der Waals surface area contributed by atoms with Crippen molar-refractivity contribution >= 4 is 15.8 Å². The van der Waals surface area contributed by atoms with E-state index in [2.05, 4.69) is 9.82 Å². The van der Waals surface area contributed by atoms with Gasteiger partial charge < -0.3 is 0 Å². The molecule has 0 aliphatic rings. The zero-order valence-corrected chi connectivity index (χ0v) is 15.3. The lowest BCUT2D eigenvalue weighted by Crippen LogP contribution is -2.14. The van der Waals surface area contributed by atoms with Crippen LogP contribution < -0.4 is 4.72 Å². The van der Waals surface area contributed by atoms with Crippen LogP contribution >= 0.6 is 0 Å². The monoisotopic (exact) mass is 395 g/mol. The maximum Gasteiger partial charge on any atom is 0.433 e. The Kier molecular flexibility index (Phi) is 4.73. The Bertz CT molecular complexity index is 1070. The van der Waals surface area contributed by atoms with Gasteiger partial charge in [-0.05, 0) is 30.2 Å². The number of hydrogen-bond donors (Lipinski definition) is 1. The minimum atomic E-state index is -4.71. The van der Waals surface area contributed by atoms with Crippen LogP contribution in [0, 0.1) is 6.92 Å². The number of sulfonamides is 1. The second-order valence-electron chi connectivity index (χ2n) is 5.93. The highest BCUT2D eigenvalue weighted by Crippen LogP contribution is 2.42. The molecule has 0 atom stereocenters. The Morgan fingerprint density at radius 1 is 1.00 bits per heavy atom. The Morgan fingerprint density at radius 3 is 2.19 bits per heavy atom. The van der Waals surface area contributed by atoms with Crippen LogP contribution in [0.25, 0.3) is 11.1 Å². The number of hydrogen-bond acceptors (Lipinski definition) is 3. The smallest absolute Gasteiger partial charge is 0.261 e. The summed E-state index contributed by atoms with van der Waals surface area (Å²) in [6.45, 7) is 1.65. The van der Waals surface area contributed by atoms with Crippen molar-refractivity contribution in [1.29, 1.82) is 0 Å². The predicted octanol–water partition coefficient (Wildman–Crippen LogP) is 4.22. The normalized spacial score (nSPS) is 12.2. The highest BCUT2D eigenvalue weighted by molar-refractivity contribution is 7.92. The van der Waals surface area contributed by atoms with Crippen LogP contribution in [0.2, 0.25) is 0 Å². The van der Waals surface area contributed by atoms with E-state index < -0.39 is 21.9 Å². The average molecular weight is 395 g/mol. The van der Waals surface area contributed by atoms with Crippen LogP contribution in [0.3, 0.4) is 0 Å². The lowest BCUT2D eigenvalue weighted by Gasteiger charge is -2.13. The van der Waals surface area contributed by atoms with Gasteiger partial charge in [0, 0.05) is 7.05 Å². The number of aromatic nitrogens is 2. The van der Waals surface area contributed by atoms with Gasteiger partial charge in [-0.3, -0.25) is 9.40 Å². The maximum atomic E-state index is 13.7. The summed E-state index contributed by atoms with van der Waals surface area (Å²) in [5.41, 5.74) is -0.509. The lowest BCUT2D eigenvalue weighted by atomic mass is 10.00. The summed E-state index contributed by atoms with van der Waals surface area (Å²) >= 11 is 0. The van der Waals surface area contributed by atoms with Crippen LogP contribution in [0.4, 0.5) is 19.0 Å². The molecule has 3 rings (SSSR count). The van der Waals surface area contributed by atoms with E-state index in [0.29, 0.717) is 10.2 Å². The predicted molar refractivity (Wildman–Crippen MR) is 95.6 cm³/mol. The number of nitrogens with one attached hydrogen (secondary N) is 1. The SMILES string of the molecule is Cc1ccccc1-c1c(NS(=O)(=O)c2ccccc2)nn(C)c1C(F)(F)F. The second-order valence-corrected chi connectivity index (χ2v) is 7.61. The van der Waals surface area contributed by atoms with Crippen LogP contribution in [-0.4, -0.2) is 18.2 Å². The summed E-state index contributed by atoms with van der Waals surface area (Å²) in [7, 11) is -2.97. The molecule has 2 aromatic carbocycles. The Morgan fingerprint density at radius 2 is 1.59 bits per heavy atom. The molecule has 27 heavy (non-hydrogen) atoms. The number of nitrogens with zero attached hydrogens (tertiary/aromatic N) is 2. The third-order valence-electron chi connectivity index (χ3n) is 4.01. The van der Waals surface area contributed by atoms with Gasteiger partial charge in [0.2, 0.25) is 0 Å². The van der Waals surface area contributed by atoms with Gasteiger partial charge in [-0.2, -0.15) is 18.3 Å². The molecule has 0 bridgehead atoms. The third-order valence-corrected chi connectivity index (χ3v) is 5.37. The van der Waals surface area contributed by atoms with Gasteiger partial charge in [-0.15, -0.1) is 0 Å². The minimum absolute atomic E-state index is 0.0695. The van der Waals surface area contributed by atoms with Gasteiger partial charge in [0.15, 0.2) is 11.5 Å². The molecule has 0 aliphatic heterocycles. The molecule has 0 unspecified atom stereocenters. The van der Waals surface area contributed by atoms with Crippen molar-refractivity contribution in [1.82, 2.24) is 9.78 Å². The summed E-state index contributed by atoms with van der Waals surface area (Å²) in [6.07, 6.45) is -4.71. The first-order valence-corrected chi connectivity index (χ1v) is 9.37. The van der Waals surface area contributed by atoms with E-state index in [4.69, 9.17) is 0 Å². The van der Waals surface area contributed by atoms with E-state index in [1.54, 1.807) is 31.2 Å². The minimum Gasteiger partial charge on any atom is -0.261 e. The summed E-state index contributed by atoms with van der Waals surface area (Å²) in [5.74, 6) is -0.372. The summed E-state index contributed by atoms with van der Waals surface area (Å²) in [4.78, 5) is -0.0695. The largest absolute Gasteiger partial charge is 0.433 e. The van der Waals surface area contributed by atoms with Gasteiger partial charge in [-0.25, -0.2) is 8.42 Å². The first-order chi connectivity index (χ1) is 12.6. The molecule has 1 aromatic heterocycles. The molecule has 0 saturated carbocycles. The van der Waals surface area contributed by atoms with Crippen LogP contribution in [0.15, 0.2) is 59.5 Å². The van der Waals surface area contributed by atoms with Gasteiger partial charge in [0.25, 0.3) is 10.0 Å². The van der Waals surface area contributed by atoms with E-state index in [1.807, 2.05) is 0 Å². The summed E-state index contributed by atoms with van der Waals surface area (Å²) in [6, 6.07) is 13.8. The molecule has 0 amide bonds. The number of anilines is 1. The Labute approximate surface area is 154 Å². The average Bonchev–Trinajstić information content (AvgIpc) is 2.91. The molecule has 9 heteroatoms. The molecule has 142 valence electrons. The van der Waals surface area contributed by atoms with Gasteiger partial charge in [-0.1, -0.05) is 42.5 Å². The van der Waals surface area contributed by atoms with Gasteiger partial charge in [0.05, 0.1) is 10.5 Å². The first-order valence-electron chi connectivity index (χ1n) is 7.89. The number of halogens is 3. The first kappa shape index (κ1) is 19.0. The van der Waals surface area contributed by atoms with Crippen molar-refractivity contribution in [2.45, 2.75) is 18.0 Å². The number of benzene rings is 2. The lowest BCUT2D eigenvalue weighted by molar-refractivity contribution is -0.143. The topological polar surface area (TPSA) is 64.0 Å². The molecular formula is C18H16F3N3O2S. The van der Waals surface area contributed by atoms with Crippen LogP contribution in [0.5, 0.6) is 0 Å². The Hall–Kier alpha value is -2.81. The zero-order chi connectivity index (χ0) is 19.8. The fraction of sp³-hybridized carbons (Fsp3) is 0.167. The fourth-order valence-corrected chi connectivity index (χ4v) is 3.85. The molecule has 5 nitrogen and oxygen atoms in total. The molecule has 0 radical (unpaired) electrons. The highest BCUT2D eigenvalue weighted by atomic mass is 32.2. The molecule has 0 saturated heterocycles. The zero-order valence-electron chi connectivity index (χ0n) is 14.4. The molecule has 3 aromatic rings. The Balaban J connectivity index is 2.22. The van der Waals surface area contributed by atoms with Crippen LogP contribution in [-0.2, 0) is 23.2 Å². The molecular weight excluding hydrogens is 379 g/mol.